The van der Waals surface area contributed by atoms with E-state index in [-0.39, 0.29) is 30.6 Å². The van der Waals surface area contributed by atoms with Gasteiger partial charge in [0.25, 0.3) is 5.91 Å². The van der Waals surface area contributed by atoms with Crippen LogP contribution in [-0.4, -0.2) is 47.9 Å². The number of nitrogens with one attached hydrogen (secondary N) is 1. The number of carbonyl (C=O) groups is 4. The maximum absolute atomic E-state index is 12.5. The molecule has 0 aliphatic carbocycles. The molecule has 1 aliphatic rings. The Hall–Kier alpha value is -2.90. The molecule has 2 amide bonds. The Bertz CT molecular complexity index is 746. The van der Waals surface area contributed by atoms with Crippen molar-refractivity contribution in [2.75, 3.05) is 18.1 Å². The van der Waals surface area contributed by atoms with Crippen LogP contribution in [0.5, 0.6) is 5.75 Å². The van der Waals surface area contributed by atoms with Gasteiger partial charge in [0.1, 0.15) is 11.8 Å². The van der Waals surface area contributed by atoms with Crippen molar-refractivity contribution in [2.45, 2.75) is 45.6 Å². The number of aliphatic carboxylic acids is 1. The first-order chi connectivity index (χ1) is 12.8. The molecule has 146 valence electrons. The van der Waals surface area contributed by atoms with E-state index in [0.29, 0.717) is 42.8 Å². The number of carboxylic acids is 1. The minimum Gasteiger partial charge on any atom is -0.482 e. The zero-order chi connectivity index (χ0) is 20.0. The number of carboxylic acid groups (broad SMARTS) is 1. The lowest BCUT2D eigenvalue weighted by Crippen LogP contribution is -2.51. The van der Waals surface area contributed by atoms with Crippen molar-refractivity contribution in [2.24, 2.45) is 0 Å². The number of rotatable bonds is 9. The first-order valence-electron chi connectivity index (χ1n) is 8.90. The number of ketones is 1. The van der Waals surface area contributed by atoms with Gasteiger partial charge in [0, 0.05) is 18.5 Å². The average molecular weight is 376 g/mol. The number of hydrogen-bond acceptors (Lipinski definition) is 5. The van der Waals surface area contributed by atoms with Crippen LogP contribution in [0.1, 0.15) is 49.9 Å². The molecule has 1 heterocycles. The van der Waals surface area contributed by atoms with Crippen molar-refractivity contribution in [3.05, 3.63) is 23.8 Å². The minimum atomic E-state index is -0.831. The number of anilines is 1. The highest BCUT2D eigenvalue weighted by molar-refractivity contribution is 6.05. The third kappa shape index (κ3) is 5.29. The maximum Gasteiger partial charge on any atom is 0.303 e. The van der Waals surface area contributed by atoms with Gasteiger partial charge >= 0.3 is 5.97 Å². The Morgan fingerprint density at radius 3 is 2.67 bits per heavy atom. The number of carbonyl (C=O) groups excluding carboxylic acids is 3. The van der Waals surface area contributed by atoms with Crippen molar-refractivity contribution in [1.29, 1.82) is 0 Å². The summed E-state index contributed by atoms with van der Waals surface area (Å²) in [6.07, 6.45) is 2.03. The van der Waals surface area contributed by atoms with Crippen LogP contribution in [0.3, 0.4) is 0 Å². The number of unbranched alkanes of at least 4 members (excludes halogenated alkanes) is 2. The van der Waals surface area contributed by atoms with Crippen LogP contribution in [0.2, 0.25) is 0 Å². The van der Waals surface area contributed by atoms with Crippen LogP contribution >= 0.6 is 0 Å². The molecule has 1 aromatic carbocycles. The molecule has 0 radical (unpaired) electrons. The van der Waals surface area contributed by atoms with Gasteiger partial charge in [-0.05, 0) is 44.9 Å². The SMILES string of the molecule is CC(=O)c1ccc2c(c1)N(C(C)C(=O)NCCCCCC(=O)O)C(=O)CO2. The second-order valence-corrected chi connectivity index (χ2v) is 6.46. The van der Waals surface area contributed by atoms with Crippen molar-refractivity contribution in [3.63, 3.8) is 0 Å². The number of fused-ring (bicyclic) bond motifs is 1. The zero-order valence-electron chi connectivity index (χ0n) is 15.5. The van der Waals surface area contributed by atoms with Crippen molar-refractivity contribution >= 4 is 29.3 Å². The molecular weight excluding hydrogens is 352 g/mol. The Kier molecular flexibility index (Phi) is 6.92. The summed E-state index contributed by atoms with van der Waals surface area (Å²) in [5.41, 5.74) is 0.839. The number of ether oxygens (including phenoxy) is 1. The first kappa shape index (κ1) is 20.4. The molecule has 2 rings (SSSR count). The van der Waals surface area contributed by atoms with Gasteiger partial charge in [-0.25, -0.2) is 0 Å². The highest BCUT2D eigenvalue weighted by atomic mass is 16.5. The minimum absolute atomic E-state index is 0.113. The van der Waals surface area contributed by atoms with E-state index in [1.807, 2.05) is 0 Å². The van der Waals surface area contributed by atoms with Crippen molar-refractivity contribution in [3.8, 4) is 5.75 Å². The van der Waals surface area contributed by atoms with Crippen molar-refractivity contribution in [1.82, 2.24) is 5.32 Å². The van der Waals surface area contributed by atoms with E-state index in [1.54, 1.807) is 25.1 Å². The van der Waals surface area contributed by atoms with Crippen LogP contribution in [0.4, 0.5) is 5.69 Å². The average Bonchev–Trinajstić information content (AvgIpc) is 2.62. The molecule has 1 aromatic rings. The summed E-state index contributed by atoms with van der Waals surface area (Å²) in [6.45, 7) is 3.28. The predicted molar refractivity (Wildman–Crippen MR) is 98.0 cm³/mol. The predicted octanol–water partition coefficient (Wildman–Crippen LogP) is 1.76. The van der Waals surface area contributed by atoms with Crippen LogP contribution in [0.25, 0.3) is 0 Å². The molecule has 2 N–H and O–H groups in total. The Morgan fingerprint density at radius 2 is 2.00 bits per heavy atom. The molecule has 0 saturated heterocycles. The Morgan fingerprint density at radius 1 is 1.26 bits per heavy atom. The fraction of sp³-hybridized carbons (Fsp3) is 0.474. The van der Waals surface area contributed by atoms with Gasteiger partial charge in [-0.15, -0.1) is 0 Å². The van der Waals surface area contributed by atoms with Gasteiger partial charge in [-0.2, -0.15) is 0 Å². The van der Waals surface area contributed by atoms with E-state index in [4.69, 9.17) is 9.84 Å². The maximum atomic E-state index is 12.5. The molecule has 0 fully saturated rings. The smallest absolute Gasteiger partial charge is 0.303 e. The molecular formula is C19H24N2O6. The topological polar surface area (TPSA) is 113 Å². The van der Waals surface area contributed by atoms with Gasteiger partial charge < -0.3 is 15.2 Å². The molecule has 8 heteroatoms. The summed E-state index contributed by atoms with van der Waals surface area (Å²) >= 11 is 0. The second kappa shape index (κ2) is 9.16. The fourth-order valence-electron chi connectivity index (χ4n) is 2.87. The summed E-state index contributed by atoms with van der Waals surface area (Å²) < 4.78 is 5.39. The number of Topliss-reactive ketones (excluding diaryl/α,β-unsaturated/α-hetero) is 1. The van der Waals surface area contributed by atoms with Gasteiger partial charge in [0.2, 0.25) is 5.91 Å². The molecule has 0 saturated carbocycles. The van der Waals surface area contributed by atoms with Crippen LogP contribution < -0.4 is 15.0 Å². The van der Waals surface area contributed by atoms with E-state index in [9.17, 15) is 19.2 Å². The molecule has 1 aliphatic heterocycles. The summed E-state index contributed by atoms with van der Waals surface area (Å²) in [7, 11) is 0. The second-order valence-electron chi connectivity index (χ2n) is 6.46. The monoisotopic (exact) mass is 376 g/mol. The molecule has 1 unspecified atom stereocenters. The normalized spacial score (nSPS) is 14.1. The number of amides is 2. The molecule has 8 nitrogen and oxygen atoms in total. The summed E-state index contributed by atoms with van der Waals surface area (Å²) in [6, 6.07) is 4.04. The van der Waals surface area contributed by atoms with E-state index in [1.165, 1.54) is 11.8 Å². The van der Waals surface area contributed by atoms with E-state index < -0.39 is 12.0 Å². The highest BCUT2D eigenvalue weighted by Gasteiger charge is 2.33. The summed E-state index contributed by atoms with van der Waals surface area (Å²) in [5.74, 6) is -1.20. The van der Waals surface area contributed by atoms with Crippen LogP contribution in [-0.2, 0) is 14.4 Å². The number of hydrogen-bond donors (Lipinski definition) is 2. The fourth-order valence-corrected chi connectivity index (χ4v) is 2.87. The number of benzene rings is 1. The van der Waals surface area contributed by atoms with Crippen LogP contribution in [0, 0.1) is 0 Å². The standard InChI is InChI=1S/C19H24N2O6/c1-12(19(26)20-9-5-3-4-6-18(24)25)21-15-10-14(13(2)22)7-8-16(15)27-11-17(21)23/h7-8,10,12H,3-6,9,11H2,1-2H3,(H,20,26)(H,24,25). The van der Waals surface area contributed by atoms with Gasteiger partial charge in [-0.3, -0.25) is 24.1 Å². The van der Waals surface area contributed by atoms with E-state index in [0.717, 1.165) is 0 Å². The molecule has 0 spiro atoms. The zero-order valence-corrected chi connectivity index (χ0v) is 15.5. The lowest BCUT2D eigenvalue weighted by atomic mass is 10.1. The summed E-state index contributed by atoms with van der Waals surface area (Å²) in [5, 5.41) is 11.4. The lowest BCUT2D eigenvalue weighted by molar-refractivity contribution is -0.137. The highest BCUT2D eigenvalue weighted by Crippen LogP contribution is 2.34. The molecule has 27 heavy (non-hydrogen) atoms. The largest absolute Gasteiger partial charge is 0.482 e. The molecule has 0 bridgehead atoms. The summed E-state index contributed by atoms with van der Waals surface area (Å²) in [4.78, 5) is 48.2. The van der Waals surface area contributed by atoms with E-state index >= 15 is 0 Å². The molecule has 0 aromatic heterocycles. The van der Waals surface area contributed by atoms with Crippen molar-refractivity contribution < 1.29 is 29.0 Å². The van der Waals surface area contributed by atoms with Gasteiger partial charge in [0.15, 0.2) is 12.4 Å². The lowest BCUT2D eigenvalue weighted by Gasteiger charge is -2.33. The Labute approximate surface area is 157 Å². The third-order valence-corrected chi connectivity index (χ3v) is 4.38. The third-order valence-electron chi connectivity index (χ3n) is 4.38. The van der Waals surface area contributed by atoms with E-state index in [2.05, 4.69) is 5.32 Å². The Balaban J connectivity index is 2.00. The number of nitrogens with zero attached hydrogens (tertiary/aromatic N) is 1. The van der Waals surface area contributed by atoms with Gasteiger partial charge in [-0.1, -0.05) is 6.42 Å². The quantitative estimate of drug-likeness (QED) is 0.502. The first-order valence-corrected chi connectivity index (χ1v) is 8.90. The van der Waals surface area contributed by atoms with Crippen LogP contribution in [0.15, 0.2) is 18.2 Å². The van der Waals surface area contributed by atoms with Gasteiger partial charge in [0.05, 0.1) is 5.69 Å². The molecule has 1 atom stereocenters.